The first-order valence-corrected chi connectivity index (χ1v) is 8.83. The molecular formula is C21H20F3N3O. The Morgan fingerprint density at radius 2 is 1.82 bits per heavy atom. The van der Waals surface area contributed by atoms with E-state index in [1.165, 1.54) is 12.1 Å². The highest BCUT2D eigenvalue weighted by atomic mass is 19.4. The zero-order valence-electron chi connectivity index (χ0n) is 15.5. The molecule has 2 N–H and O–H groups in total. The SMILES string of the molecule is CCc1c(-c2ccc(C(F)(F)F)cc2)c(C(N)=O)c(C)n1Cc1ccccn1. The van der Waals surface area contributed by atoms with Crippen molar-refractivity contribution in [3.05, 3.63) is 76.9 Å². The number of rotatable bonds is 5. The fraction of sp³-hybridized carbons (Fsp3) is 0.238. The van der Waals surface area contributed by atoms with Gasteiger partial charge in [-0.15, -0.1) is 0 Å². The molecule has 0 atom stereocenters. The predicted octanol–water partition coefficient (Wildman–Crippen LogP) is 4.59. The largest absolute Gasteiger partial charge is 0.416 e. The number of aromatic nitrogens is 2. The Hall–Kier alpha value is -3.09. The van der Waals surface area contributed by atoms with Gasteiger partial charge < -0.3 is 10.3 Å². The van der Waals surface area contributed by atoms with Gasteiger partial charge in [0.25, 0.3) is 5.91 Å². The molecule has 0 aliphatic carbocycles. The minimum atomic E-state index is -4.42. The fourth-order valence-electron chi connectivity index (χ4n) is 3.47. The van der Waals surface area contributed by atoms with Crippen LogP contribution < -0.4 is 5.73 Å². The van der Waals surface area contributed by atoms with Crippen molar-refractivity contribution in [2.24, 2.45) is 5.73 Å². The molecule has 3 rings (SSSR count). The van der Waals surface area contributed by atoms with Crippen LogP contribution in [0.2, 0.25) is 0 Å². The molecule has 7 heteroatoms. The van der Waals surface area contributed by atoms with Gasteiger partial charge in [-0.1, -0.05) is 25.1 Å². The number of carbonyl (C=O) groups excluding carboxylic acids is 1. The van der Waals surface area contributed by atoms with Gasteiger partial charge in [-0.3, -0.25) is 9.78 Å². The van der Waals surface area contributed by atoms with Crippen LogP contribution in [0.3, 0.4) is 0 Å². The number of nitrogens with zero attached hydrogens (tertiary/aromatic N) is 2. The van der Waals surface area contributed by atoms with Crippen molar-refractivity contribution in [2.75, 3.05) is 0 Å². The number of hydrogen-bond donors (Lipinski definition) is 1. The van der Waals surface area contributed by atoms with Crippen LogP contribution in [0.15, 0.2) is 48.7 Å². The van der Waals surface area contributed by atoms with Crippen LogP contribution in [0, 0.1) is 6.92 Å². The second-order valence-electron chi connectivity index (χ2n) is 6.48. The van der Waals surface area contributed by atoms with E-state index in [4.69, 9.17) is 5.73 Å². The predicted molar refractivity (Wildman–Crippen MR) is 101 cm³/mol. The van der Waals surface area contributed by atoms with Crippen LogP contribution in [-0.4, -0.2) is 15.5 Å². The van der Waals surface area contributed by atoms with Gasteiger partial charge in [0.15, 0.2) is 0 Å². The molecule has 28 heavy (non-hydrogen) atoms. The second-order valence-corrected chi connectivity index (χ2v) is 6.48. The van der Waals surface area contributed by atoms with Gasteiger partial charge in [-0.25, -0.2) is 0 Å². The van der Waals surface area contributed by atoms with E-state index in [-0.39, 0.29) is 0 Å². The summed E-state index contributed by atoms with van der Waals surface area (Å²) in [6.45, 7) is 4.16. The highest BCUT2D eigenvalue weighted by Crippen LogP contribution is 2.36. The Bertz CT molecular complexity index is 990. The maximum absolute atomic E-state index is 12.9. The van der Waals surface area contributed by atoms with E-state index < -0.39 is 17.6 Å². The highest BCUT2D eigenvalue weighted by Gasteiger charge is 2.31. The van der Waals surface area contributed by atoms with E-state index in [9.17, 15) is 18.0 Å². The third kappa shape index (κ3) is 3.65. The van der Waals surface area contributed by atoms with E-state index >= 15 is 0 Å². The molecule has 0 saturated heterocycles. The van der Waals surface area contributed by atoms with Crippen LogP contribution in [0.1, 0.15) is 39.9 Å². The molecule has 0 unspecified atom stereocenters. The highest BCUT2D eigenvalue weighted by molar-refractivity contribution is 6.02. The van der Waals surface area contributed by atoms with Gasteiger partial charge >= 0.3 is 6.18 Å². The molecule has 1 amide bonds. The van der Waals surface area contributed by atoms with Crippen LogP contribution in [-0.2, 0) is 19.1 Å². The topological polar surface area (TPSA) is 60.9 Å². The summed E-state index contributed by atoms with van der Waals surface area (Å²) in [5.41, 5.74) is 8.65. The Morgan fingerprint density at radius 3 is 2.32 bits per heavy atom. The lowest BCUT2D eigenvalue weighted by Gasteiger charge is -2.12. The lowest BCUT2D eigenvalue weighted by molar-refractivity contribution is -0.137. The van der Waals surface area contributed by atoms with Crippen LogP contribution in [0.4, 0.5) is 13.2 Å². The maximum atomic E-state index is 12.9. The van der Waals surface area contributed by atoms with Gasteiger partial charge in [0.2, 0.25) is 0 Å². The number of nitrogens with two attached hydrogens (primary N) is 1. The summed E-state index contributed by atoms with van der Waals surface area (Å²) in [5.74, 6) is -0.609. The molecule has 0 fully saturated rings. The summed E-state index contributed by atoms with van der Waals surface area (Å²) in [4.78, 5) is 16.5. The number of alkyl halides is 3. The van der Waals surface area contributed by atoms with Crippen LogP contribution in [0.5, 0.6) is 0 Å². The standard InChI is InChI=1S/C21H20F3N3O/c1-3-17-19(14-7-9-15(10-8-14)21(22,23)24)18(20(25)28)13(2)27(17)12-16-6-4-5-11-26-16/h4-11H,3,12H2,1-2H3,(H2,25,28). The number of carbonyl (C=O) groups is 1. The van der Waals surface area contributed by atoms with Gasteiger partial charge in [-0.05, 0) is 43.2 Å². The monoisotopic (exact) mass is 387 g/mol. The minimum absolute atomic E-state index is 0.326. The summed E-state index contributed by atoms with van der Waals surface area (Å²) in [6.07, 6.45) is -2.15. The van der Waals surface area contributed by atoms with E-state index in [1.54, 1.807) is 13.1 Å². The summed E-state index contributed by atoms with van der Waals surface area (Å²) in [6, 6.07) is 10.4. The van der Waals surface area contributed by atoms with Crippen LogP contribution >= 0.6 is 0 Å². The molecule has 0 bridgehead atoms. The zero-order valence-corrected chi connectivity index (χ0v) is 15.5. The third-order valence-corrected chi connectivity index (χ3v) is 4.76. The molecule has 3 aromatic rings. The Balaban J connectivity index is 2.17. The van der Waals surface area contributed by atoms with E-state index in [0.29, 0.717) is 35.3 Å². The van der Waals surface area contributed by atoms with Crippen molar-refractivity contribution in [3.63, 3.8) is 0 Å². The molecule has 0 aliphatic rings. The van der Waals surface area contributed by atoms with E-state index in [0.717, 1.165) is 23.5 Å². The van der Waals surface area contributed by atoms with Crippen molar-refractivity contribution in [2.45, 2.75) is 33.0 Å². The molecule has 0 aliphatic heterocycles. The first-order valence-electron chi connectivity index (χ1n) is 8.83. The molecule has 0 radical (unpaired) electrons. The second kappa shape index (κ2) is 7.50. The number of amides is 1. The van der Waals surface area contributed by atoms with Gasteiger partial charge in [0.1, 0.15) is 0 Å². The Kier molecular flexibility index (Phi) is 5.27. The van der Waals surface area contributed by atoms with Gasteiger partial charge in [-0.2, -0.15) is 13.2 Å². The van der Waals surface area contributed by atoms with E-state index in [2.05, 4.69) is 4.98 Å². The van der Waals surface area contributed by atoms with Crippen molar-refractivity contribution >= 4 is 5.91 Å². The molecular weight excluding hydrogens is 367 g/mol. The number of benzene rings is 1. The first-order chi connectivity index (χ1) is 13.2. The summed E-state index contributed by atoms with van der Waals surface area (Å²) in [5, 5.41) is 0. The first kappa shape index (κ1) is 19.7. The Labute approximate surface area is 160 Å². The average molecular weight is 387 g/mol. The molecule has 1 aromatic carbocycles. The maximum Gasteiger partial charge on any atom is 0.416 e. The molecule has 2 aromatic heterocycles. The van der Waals surface area contributed by atoms with Crippen molar-refractivity contribution in [3.8, 4) is 11.1 Å². The normalized spacial score (nSPS) is 11.6. The van der Waals surface area contributed by atoms with Crippen molar-refractivity contribution in [1.82, 2.24) is 9.55 Å². The summed E-state index contributed by atoms with van der Waals surface area (Å²) in [7, 11) is 0. The summed E-state index contributed by atoms with van der Waals surface area (Å²) >= 11 is 0. The smallest absolute Gasteiger partial charge is 0.366 e. The number of primary amides is 1. The van der Waals surface area contributed by atoms with E-state index in [1.807, 2.05) is 29.7 Å². The lowest BCUT2D eigenvalue weighted by atomic mass is 9.97. The molecule has 146 valence electrons. The quantitative estimate of drug-likeness (QED) is 0.696. The molecule has 2 heterocycles. The van der Waals surface area contributed by atoms with Gasteiger partial charge in [0.05, 0.1) is 23.4 Å². The minimum Gasteiger partial charge on any atom is -0.366 e. The Morgan fingerprint density at radius 1 is 1.14 bits per heavy atom. The number of halogens is 3. The number of hydrogen-bond acceptors (Lipinski definition) is 2. The molecule has 0 saturated carbocycles. The number of pyridine rings is 1. The van der Waals surface area contributed by atoms with Crippen molar-refractivity contribution in [1.29, 1.82) is 0 Å². The lowest BCUT2D eigenvalue weighted by Crippen LogP contribution is -2.14. The molecule has 4 nitrogen and oxygen atoms in total. The fourth-order valence-corrected chi connectivity index (χ4v) is 3.47. The van der Waals surface area contributed by atoms with Crippen LogP contribution in [0.25, 0.3) is 11.1 Å². The molecule has 0 spiro atoms. The average Bonchev–Trinajstić information content (AvgIpc) is 2.94. The summed E-state index contributed by atoms with van der Waals surface area (Å²) < 4.78 is 40.7. The van der Waals surface area contributed by atoms with Gasteiger partial charge in [0, 0.05) is 23.1 Å². The third-order valence-electron chi connectivity index (χ3n) is 4.76. The zero-order chi connectivity index (χ0) is 20.5. The van der Waals surface area contributed by atoms with Crippen molar-refractivity contribution < 1.29 is 18.0 Å².